The van der Waals surface area contributed by atoms with Crippen molar-refractivity contribution in [2.24, 2.45) is 0 Å². The lowest BCUT2D eigenvalue weighted by atomic mass is 10.1. The van der Waals surface area contributed by atoms with E-state index in [1.165, 1.54) is 0 Å². The van der Waals surface area contributed by atoms with Gasteiger partial charge in [0.1, 0.15) is 5.75 Å². The van der Waals surface area contributed by atoms with Crippen LogP contribution in [0.15, 0.2) is 30.3 Å². The number of phenolic OH excluding ortho intramolecular Hbond substituents is 1. The quantitative estimate of drug-likeness (QED) is 0.892. The van der Waals surface area contributed by atoms with E-state index in [0.717, 1.165) is 17.0 Å². The molecule has 1 aliphatic heterocycles. The van der Waals surface area contributed by atoms with Crippen molar-refractivity contribution < 1.29 is 14.6 Å². The highest BCUT2D eigenvalue weighted by molar-refractivity contribution is 5.51. The Labute approximate surface area is 117 Å². The fourth-order valence-electron chi connectivity index (χ4n) is 2.14. The third kappa shape index (κ3) is 2.67. The molecule has 5 nitrogen and oxygen atoms in total. The van der Waals surface area contributed by atoms with Crippen LogP contribution in [-0.4, -0.2) is 16.9 Å². The zero-order valence-corrected chi connectivity index (χ0v) is 11.2. The minimum absolute atomic E-state index is 0.207. The van der Waals surface area contributed by atoms with Crippen molar-refractivity contribution in [3.8, 4) is 17.2 Å². The molecule has 20 heavy (non-hydrogen) atoms. The van der Waals surface area contributed by atoms with E-state index in [0.29, 0.717) is 24.6 Å². The molecular formula is C15H16N2O3. The van der Waals surface area contributed by atoms with E-state index in [-0.39, 0.29) is 12.5 Å². The Balaban J connectivity index is 1.64. The van der Waals surface area contributed by atoms with Gasteiger partial charge in [-0.15, -0.1) is 0 Å². The standard InChI is InChI=1S/C15H16N2O3/c1-10-3-2-4-12(17-10)8-16-7-11-5-14-15(6-13(11)18)20-9-19-14/h2-6,16,18H,7-9H2,1H3. The molecule has 2 aromatic rings. The number of fused-ring (bicyclic) bond motifs is 1. The van der Waals surface area contributed by atoms with Gasteiger partial charge in [-0.1, -0.05) is 6.07 Å². The molecule has 1 aliphatic rings. The summed E-state index contributed by atoms with van der Waals surface area (Å²) in [4.78, 5) is 4.41. The Hall–Kier alpha value is -2.27. The Kier molecular flexibility index (Phi) is 3.43. The Morgan fingerprint density at radius 3 is 2.80 bits per heavy atom. The largest absolute Gasteiger partial charge is 0.507 e. The van der Waals surface area contributed by atoms with Crippen LogP contribution in [0.1, 0.15) is 17.0 Å². The van der Waals surface area contributed by atoms with Gasteiger partial charge in [-0.05, 0) is 25.1 Å². The van der Waals surface area contributed by atoms with Crippen molar-refractivity contribution in [1.29, 1.82) is 0 Å². The summed E-state index contributed by atoms with van der Waals surface area (Å²) in [7, 11) is 0. The number of nitrogens with zero attached hydrogens (tertiary/aromatic N) is 1. The number of hydrogen-bond donors (Lipinski definition) is 2. The maximum absolute atomic E-state index is 9.92. The van der Waals surface area contributed by atoms with E-state index < -0.39 is 0 Å². The maximum Gasteiger partial charge on any atom is 0.231 e. The molecule has 0 atom stereocenters. The van der Waals surface area contributed by atoms with Crippen molar-refractivity contribution in [3.63, 3.8) is 0 Å². The molecule has 0 bridgehead atoms. The highest BCUT2D eigenvalue weighted by Gasteiger charge is 2.16. The van der Waals surface area contributed by atoms with Gasteiger partial charge in [-0.2, -0.15) is 0 Å². The lowest BCUT2D eigenvalue weighted by Gasteiger charge is -2.08. The second-order valence-electron chi connectivity index (χ2n) is 4.71. The minimum Gasteiger partial charge on any atom is -0.507 e. The number of pyridine rings is 1. The van der Waals surface area contributed by atoms with Gasteiger partial charge >= 0.3 is 0 Å². The summed E-state index contributed by atoms with van der Waals surface area (Å²) < 4.78 is 10.5. The SMILES string of the molecule is Cc1cccc(CNCc2cc3c(cc2O)OCO3)n1. The van der Waals surface area contributed by atoms with Crippen LogP contribution in [0.25, 0.3) is 0 Å². The lowest BCUT2D eigenvalue weighted by Crippen LogP contribution is -2.14. The molecule has 0 unspecified atom stereocenters. The highest BCUT2D eigenvalue weighted by atomic mass is 16.7. The summed E-state index contributed by atoms with van der Waals surface area (Å²) in [5.74, 6) is 1.47. The highest BCUT2D eigenvalue weighted by Crippen LogP contribution is 2.37. The van der Waals surface area contributed by atoms with Crippen LogP contribution in [0.4, 0.5) is 0 Å². The number of phenols is 1. The molecular weight excluding hydrogens is 256 g/mol. The van der Waals surface area contributed by atoms with Crippen molar-refractivity contribution in [2.75, 3.05) is 6.79 Å². The third-order valence-corrected chi connectivity index (χ3v) is 3.14. The molecule has 1 aromatic heterocycles. The molecule has 0 fully saturated rings. The minimum atomic E-state index is 0.207. The van der Waals surface area contributed by atoms with Crippen LogP contribution >= 0.6 is 0 Å². The number of aromatic hydroxyl groups is 1. The van der Waals surface area contributed by atoms with Crippen LogP contribution in [0.3, 0.4) is 0 Å². The first-order valence-electron chi connectivity index (χ1n) is 6.47. The monoisotopic (exact) mass is 272 g/mol. The number of aromatic nitrogens is 1. The molecule has 1 aromatic carbocycles. The number of rotatable bonds is 4. The summed E-state index contributed by atoms with van der Waals surface area (Å²) in [6.07, 6.45) is 0. The predicted molar refractivity (Wildman–Crippen MR) is 73.7 cm³/mol. The fourth-order valence-corrected chi connectivity index (χ4v) is 2.14. The Morgan fingerprint density at radius 2 is 2.00 bits per heavy atom. The molecule has 0 spiro atoms. The third-order valence-electron chi connectivity index (χ3n) is 3.14. The van der Waals surface area contributed by atoms with Gasteiger partial charge in [-0.25, -0.2) is 0 Å². The predicted octanol–water partition coefficient (Wildman–Crippen LogP) is 2.11. The van der Waals surface area contributed by atoms with E-state index >= 15 is 0 Å². The van der Waals surface area contributed by atoms with Gasteiger partial charge in [0.2, 0.25) is 6.79 Å². The zero-order chi connectivity index (χ0) is 13.9. The fraction of sp³-hybridized carbons (Fsp3) is 0.267. The van der Waals surface area contributed by atoms with E-state index in [2.05, 4.69) is 10.3 Å². The first-order chi connectivity index (χ1) is 9.72. The van der Waals surface area contributed by atoms with Gasteiger partial charge in [0.25, 0.3) is 0 Å². The van der Waals surface area contributed by atoms with Gasteiger partial charge in [0, 0.05) is 30.4 Å². The molecule has 5 heteroatoms. The summed E-state index contributed by atoms with van der Waals surface area (Å²) in [5, 5.41) is 13.2. The van der Waals surface area contributed by atoms with Crippen LogP contribution in [0.2, 0.25) is 0 Å². The number of nitrogens with one attached hydrogen (secondary N) is 1. The summed E-state index contributed by atoms with van der Waals surface area (Å²) >= 11 is 0. The maximum atomic E-state index is 9.92. The average Bonchev–Trinajstić information content (AvgIpc) is 2.86. The van der Waals surface area contributed by atoms with E-state index in [4.69, 9.17) is 9.47 Å². The van der Waals surface area contributed by atoms with Gasteiger partial charge < -0.3 is 19.9 Å². The average molecular weight is 272 g/mol. The Morgan fingerprint density at radius 1 is 1.20 bits per heavy atom. The number of hydrogen-bond acceptors (Lipinski definition) is 5. The molecule has 0 saturated heterocycles. The first-order valence-corrected chi connectivity index (χ1v) is 6.47. The zero-order valence-electron chi connectivity index (χ0n) is 11.2. The topological polar surface area (TPSA) is 63.6 Å². The van der Waals surface area contributed by atoms with E-state index in [1.54, 1.807) is 12.1 Å². The molecule has 3 rings (SSSR count). The van der Waals surface area contributed by atoms with Gasteiger partial charge in [0.15, 0.2) is 11.5 Å². The normalized spacial score (nSPS) is 12.7. The van der Waals surface area contributed by atoms with Crippen molar-refractivity contribution >= 4 is 0 Å². The number of aryl methyl sites for hydroxylation is 1. The lowest BCUT2D eigenvalue weighted by molar-refractivity contribution is 0.174. The molecule has 0 amide bonds. The molecule has 0 aliphatic carbocycles. The summed E-state index contributed by atoms with van der Waals surface area (Å²) in [6.45, 7) is 3.36. The Bertz CT molecular complexity index is 629. The summed E-state index contributed by atoms with van der Waals surface area (Å²) in [6, 6.07) is 9.31. The smallest absolute Gasteiger partial charge is 0.231 e. The van der Waals surface area contributed by atoms with Crippen molar-refractivity contribution in [2.45, 2.75) is 20.0 Å². The van der Waals surface area contributed by atoms with Crippen molar-refractivity contribution in [3.05, 3.63) is 47.3 Å². The van der Waals surface area contributed by atoms with Gasteiger partial charge in [-0.3, -0.25) is 4.98 Å². The summed E-state index contributed by atoms with van der Waals surface area (Å²) in [5.41, 5.74) is 2.75. The number of ether oxygens (including phenoxy) is 2. The van der Waals surface area contributed by atoms with Crippen LogP contribution < -0.4 is 14.8 Å². The van der Waals surface area contributed by atoms with Crippen LogP contribution in [0.5, 0.6) is 17.2 Å². The second kappa shape index (κ2) is 5.38. The van der Waals surface area contributed by atoms with Crippen molar-refractivity contribution in [1.82, 2.24) is 10.3 Å². The molecule has 0 radical (unpaired) electrons. The van der Waals surface area contributed by atoms with E-state index in [9.17, 15) is 5.11 Å². The molecule has 104 valence electrons. The molecule has 0 saturated carbocycles. The second-order valence-corrected chi connectivity index (χ2v) is 4.71. The van der Waals surface area contributed by atoms with Crippen LogP contribution in [-0.2, 0) is 13.1 Å². The van der Waals surface area contributed by atoms with Gasteiger partial charge in [0.05, 0.1) is 5.69 Å². The number of benzene rings is 1. The van der Waals surface area contributed by atoms with E-state index in [1.807, 2.05) is 25.1 Å². The first kappa shape index (κ1) is 12.7. The molecule has 2 heterocycles. The molecule has 2 N–H and O–H groups in total. The van der Waals surface area contributed by atoms with Crippen LogP contribution in [0, 0.1) is 6.92 Å².